The standard InChI is InChI=1S/C14H17ClN2O/c1-2-3-14(11-4-6-12(15)7-5-11)16-10-13-8-9-18-17-13/h4-9,14,16H,2-3,10H2,1H3. The van der Waals surface area contributed by atoms with E-state index in [9.17, 15) is 0 Å². The molecule has 0 spiro atoms. The van der Waals surface area contributed by atoms with Gasteiger partial charge in [-0.2, -0.15) is 0 Å². The van der Waals surface area contributed by atoms with Crippen molar-refractivity contribution in [3.8, 4) is 0 Å². The summed E-state index contributed by atoms with van der Waals surface area (Å²) < 4.78 is 4.82. The molecule has 0 aliphatic rings. The minimum absolute atomic E-state index is 0.323. The van der Waals surface area contributed by atoms with Gasteiger partial charge in [0, 0.05) is 23.7 Å². The lowest BCUT2D eigenvalue weighted by molar-refractivity contribution is 0.402. The van der Waals surface area contributed by atoms with Crippen LogP contribution in [-0.4, -0.2) is 5.16 Å². The van der Waals surface area contributed by atoms with Crippen LogP contribution in [0.1, 0.15) is 37.1 Å². The van der Waals surface area contributed by atoms with Crippen LogP contribution in [0.3, 0.4) is 0 Å². The Morgan fingerprint density at radius 1 is 1.28 bits per heavy atom. The maximum absolute atomic E-state index is 5.91. The fourth-order valence-corrected chi connectivity index (χ4v) is 2.05. The fraction of sp³-hybridized carbons (Fsp3) is 0.357. The van der Waals surface area contributed by atoms with Crippen LogP contribution >= 0.6 is 11.6 Å². The molecule has 4 heteroatoms. The van der Waals surface area contributed by atoms with Crippen LogP contribution in [0.25, 0.3) is 0 Å². The van der Waals surface area contributed by atoms with Gasteiger partial charge >= 0.3 is 0 Å². The number of benzene rings is 1. The molecule has 0 aliphatic carbocycles. The Hall–Kier alpha value is -1.32. The van der Waals surface area contributed by atoms with Crippen LogP contribution in [-0.2, 0) is 6.54 Å². The van der Waals surface area contributed by atoms with Crippen molar-refractivity contribution in [1.29, 1.82) is 0 Å². The van der Waals surface area contributed by atoms with E-state index >= 15 is 0 Å². The van der Waals surface area contributed by atoms with Crippen molar-refractivity contribution < 1.29 is 4.52 Å². The lowest BCUT2D eigenvalue weighted by atomic mass is 10.0. The highest BCUT2D eigenvalue weighted by molar-refractivity contribution is 6.30. The predicted octanol–water partition coefficient (Wildman–Crippen LogP) is 3.96. The Bertz CT molecular complexity index is 453. The molecule has 3 nitrogen and oxygen atoms in total. The van der Waals surface area contributed by atoms with E-state index in [0.29, 0.717) is 12.6 Å². The summed E-state index contributed by atoms with van der Waals surface area (Å²) in [5.74, 6) is 0. The number of nitrogens with one attached hydrogen (secondary N) is 1. The second kappa shape index (κ2) is 6.57. The molecule has 1 N–H and O–H groups in total. The summed E-state index contributed by atoms with van der Waals surface area (Å²) in [4.78, 5) is 0. The molecule has 0 bridgehead atoms. The number of aromatic nitrogens is 1. The minimum Gasteiger partial charge on any atom is -0.364 e. The molecule has 1 atom stereocenters. The van der Waals surface area contributed by atoms with Gasteiger partial charge in [-0.05, 0) is 24.1 Å². The molecule has 0 amide bonds. The predicted molar refractivity (Wildman–Crippen MR) is 72.4 cm³/mol. The Morgan fingerprint density at radius 2 is 2.06 bits per heavy atom. The molecule has 0 radical (unpaired) electrons. The minimum atomic E-state index is 0.323. The third kappa shape index (κ3) is 3.59. The van der Waals surface area contributed by atoms with Gasteiger partial charge in [-0.25, -0.2) is 0 Å². The molecule has 96 valence electrons. The molecule has 0 saturated heterocycles. The summed E-state index contributed by atoms with van der Waals surface area (Å²) in [5, 5.41) is 8.16. The number of rotatable bonds is 6. The first-order valence-corrected chi connectivity index (χ1v) is 6.55. The summed E-state index contributed by atoms with van der Waals surface area (Å²) in [6.07, 6.45) is 3.80. The van der Waals surface area contributed by atoms with Crippen molar-refractivity contribution in [2.45, 2.75) is 32.4 Å². The summed E-state index contributed by atoms with van der Waals surface area (Å²) >= 11 is 5.91. The molecular weight excluding hydrogens is 248 g/mol. The van der Waals surface area contributed by atoms with Gasteiger partial charge in [-0.1, -0.05) is 42.2 Å². The molecule has 2 rings (SSSR count). The fourth-order valence-electron chi connectivity index (χ4n) is 1.93. The van der Waals surface area contributed by atoms with E-state index in [2.05, 4.69) is 29.5 Å². The molecule has 18 heavy (non-hydrogen) atoms. The van der Waals surface area contributed by atoms with Crippen LogP contribution in [0, 0.1) is 0 Å². The zero-order valence-corrected chi connectivity index (χ0v) is 11.2. The van der Waals surface area contributed by atoms with E-state index < -0.39 is 0 Å². The summed E-state index contributed by atoms with van der Waals surface area (Å²) in [5.41, 5.74) is 2.18. The third-order valence-corrected chi connectivity index (χ3v) is 3.12. The van der Waals surface area contributed by atoms with Gasteiger partial charge in [0.05, 0.1) is 5.69 Å². The molecule has 0 saturated carbocycles. The van der Waals surface area contributed by atoms with Crippen LogP contribution in [0.5, 0.6) is 0 Å². The Balaban J connectivity index is 2.01. The van der Waals surface area contributed by atoms with E-state index in [1.807, 2.05) is 18.2 Å². The topological polar surface area (TPSA) is 38.1 Å². The van der Waals surface area contributed by atoms with Crippen molar-refractivity contribution in [2.75, 3.05) is 0 Å². The second-order valence-corrected chi connectivity index (χ2v) is 4.70. The van der Waals surface area contributed by atoms with Crippen LogP contribution in [0.4, 0.5) is 0 Å². The van der Waals surface area contributed by atoms with Crippen molar-refractivity contribution >= 4 is 11.6 Å². The average molecular weight is 265 g/mol. The highest BCUT2D eigenvalue weighted by Crippen LogP contribution is 2.21. The van der Waals surface area contributed by atoms with Gasteiger partial charge < -0.3 is 9.84 Å². The Morgan fingerprint density at radius 3 is 2.67 bits per heavy atom. The van der Waals surface area contributed by atoms with E-state index in [1.165, 1.54) is 5.56 Å². The summed E-state index contributed by atoms with van der Waals surface area (Å²) in [7, 11) is 0. The number of hydrogen-bond donors (Lipinski definition) is 1. The largest absolute Gasteiger partial charge is 0.364 e. The van der Waals surface area contributed by atoms with Crippen molar-refractivity contribution in [1.82, 2.24) is 10.5 Å². The number of hydrogen-bond acceptors (Lipinski definition) is 3. The highest BCUT2D eigenvalue weighted by Gasteiger charge is 2.10. The molecule has 0 fully saturated rings. The van der Waals surface area contributed by atoms with Gasteiger partial charge in [0.1, 0.15) is 6.26 Å². The Labute approximate surface area is 112 Å². The monoisotopic (exact) mass is 264 g/mol. The normalized spacial score (nSPS) is 12.6. The van der Waals surface area contributed by atoms with Gasteiger partial charge in [-0.15, -0.1) is 0 Å². The highest BCUT2D eigenvalue weighted by atomic mass is 35.5. The first-order chi connectivity index (χ1) is 8.79. The molecule has 1 heterocycles. The quantitative estimate of drug-likeness (QED) is 0.858. The zero-order valence-electron chi connectivity index (χ0n) is 10.4. The van der Waals surface area contributed by atoms with Gasteiger partial charge in [0.15, 0.2) is 0 Å². The average Bonchev–Trinajstić information content (AvgIpc) is 2.89. The zero-order chi connectivity index (χ0) is 12.8. The van der Waals surface area contributed by atoms with E-state index in [0.717, 1.165) is 23.6 Å². The Kier molecular flexibility index (Phi) is 4.79. The lowest BCUT2D eigenvalue weighted by Gasteiger charge is -2.18. The third-order valence-electron chi connectivity index (χ3n) is 2.87. The van der Waals surface area contributed by atoms with Crippen LogP contribution in [0.2, 0.25) is 5.02 Å². The van der Waals surface area contributed by atoms with E-state index in [1.54, 1.807) is 6.26 Å². The molecular formula is C14H17ClN2O. The van der Waals surface area contributed by atoms with Crippen molar-refractivity contribution in [3.05, 3.63) is 52.9 Å². The number of halogens is 1. The molecule has 2 aromatic rings. The maximum atomic E-state index is 5.91. The summed E-state index contributed by atoms with van der Waals surface area (Å²) in [6, 6.07) is 10.2. The van der Waals surface area contributed by atoms with Crippen molar-refractivity contribution in [2.24, 2.45) is 0 Å². The second-order valence-electron chi connectivity index (χ2n) is 4.26. The molecule has 0 aliphatic heterocycles. The van der Waals surface area contributed by atoms with Crippen LogP contribution in [0.15, 0.2) is 41.1 Å². The van der Waals surface area contributed by atoms with Gasteiger partial charge in [0.25, 0.3) is 0 Å². The van der Waals surface area contributed by atoms with Gasteiger partial charge in [-0.3, -0.25) is 0 Å². The molecule has 1 aromatic carbocycles. The first kappa shape index (κ1) is 13.1. The summed E-state index contributed by atoms with van der Waals surface area (Å²) in [6.45, 7) is 2.89. The lowest BCUT2D eigenvalue weighted by Crippen LogP contribution is -2.20. The van der Waals surface area contributed by atoms with E-state index in [-0.39, 0.29) is 0 Å². The first-order valence-electron chi connectivity index (χ1n) is 6.17. The smallest absolute Gasteiger partial charge is 0.124 e. The molecule has 1 aromatic heterocycles. The van der Waals surface area contributed by atoms with Gasteiger partial charge in [0.2, 0.25) is 0 Å². The van der Waals surface area contributed by atoms with Crippen molar-refractivity contribution in [3.63, 3.8) is 0 Å². The van der Waals surface area contributed by atoms with Crippen LogP contribution < -0.4 is 5.32 Å². The molecule has 1 unspecified atom stereocenters. The SMILES string of the molecule is CCCC(NCc1ccon1)c1ccc(Cl)cc1. The number of nitrogens with zero attached hydrogens (tertiary/aromatic N) is 1. The maximum Gasteiger partial charge on any atom is 0.124 e. The van der Waals surface area contributed by atoms with E-state index in [4.69, 9.17) is 16.1 Å².